The van der Waals surface area contributed by atoms with Crippen molar-refractivity contribution in [3.8, 4) is 0 Å². The third kappa shape index (κ3) is 8.96. The lowest BCUT2D eigenvalue weighted by Gasteiger charge is -2.46. The maximum Gasteiger partial charge on any atom is 0.239 e. The van der Waals surface area contributed by atoms with Crippen LogP contribution in [0.2, 0.25) is 0 Å². The van der Waals surface area contributed by atoms with Crippen LogP contribution in [0.25, 0.3) is 0 Å². The average Bonchev–Trinajstić information content (AvgIpc) is 2.93. The van der Waals surface area contributed by atoms with Gasteiger partial charge in [0.1, 0.15) is 0 Å². The van der Waals surface area contributed by atoms with E-state index in [1.165, 1.54) is 77.6 Å². The van der Waals surface area contributed by atoms with E-state index >= 15 is 0 Å². The van der Waals surface area contributed by atoms with E-state index in [4.69, 9.17) is 0 Å². The molecule has 1 N–H and O–H groups in total. The molecule has 2 saturated heterocycles. The zero-order valence-corrected chi connectivity index (χ0v) is 21.4. The topological polar surface area (TPSA) is 66.5 Å². The Morgan fingerprint density at radius 3 is 1.69 bits per heavy atom. The van der Waals surface area contributed by atoms with E-state index < -0.39 is 5.91 Å². The molecular formula is C27H48N2O3. The SMILES string of the molecule is CC(=O)N1C(=O)CC(CCCCCCCCCCCCC2CC(C)(C)NC(C)(C)C2)C1=O. The molecule has 2 aliphatic rings. The van der Waals surface area contributed by atoms with E-state index in [0.29, 0.717) is 0 Å². The van der Waals surface area contributed by atoms with E-state index in [2.05, 4.69) is 33.0 Å². The molecule has 2 aliphatic heterocycles. The highest BCUT2D eigenvalue weighted by Gasteiger charge is 2.40. The molecule has 2 rings (SSSR count). The predicted molar refractivity (Wildman–Crippen MR) is 130 cm³/mol. The van der Waals surface area contributed by atoms with Crippen molar-refractivity contribution in [2.45, 2.75) is 142 Å². The monoisotopic (exact) mass is 448 g/mol. The number of hydrogen-bond donors (Lipinski definition) is 1. The second-order valence-electron chi connectivity index (χ2n) is 11.8. The van der Waals surface area contributed by atoms with Gasteiger partial charge in [-0.05, 0) is 52.9 Å². The van der Waals surface area contributed by atoms with E-state index in [0.717, 1.165) is 30.1 Å². The lowest BCUT2D eigenvalue weighted by atomic mass is 9.74. The van der Waals surface area contributed by atoms with Crippen LogP contribution in [0.15, 0.2) is 0 Å². The summed E-state index contributed by atoms with van der Waals surface area (Å²) in [6.07, 6.45) is 17.6. The number of amides is 3. The Kier molecular flexibility index (Phi) is 10.4. The lowest BCUT2D eigenvalue weighted by Crippen LogP contribution is -2.57. The standard InChI is InChI=1S/C27H48N2O3/c1-21(30)29-24(31)18-23(25(29)32)17-15-13-11-9-7-6-8-10-12-14-16-22-19-26(2,3)28-27(4,5)20-22/h22-23,28H,6-20H2,1-5H3. The quantitative estimate of drug-likeness (QED) is 0.271. The van der Waals surface area contributed by atoms with Crippen LogP contribution >= 0.6 is 0 Å². The Labute approximate surface area is 196 Å². The zero-order valence-electron chi connectivity index (χ0n) is 21.4. The number of likely N-dealkylation sites (tertiary alicyclic amines) is 1. The summed E-state index contributed by atoms with van der Waals surface area (Å²) in [6, 6.07) is 0. The fraction of sp³-hybridized carbons (Fsp3) is 0.889. The molecule has 32 heavy (non-hydrogen) atoms. The van der Waals surface area contributed by atoms with Gasteiger partial charge in [-0.2, -0.15) is 0 Å². The van der Waals surface area contributed by atoms with Gasteiger partial charge in [0.25, 0.3) is 0 Å². The van der Waals surface area contributed by atoms with Crippen LogP contribution in [-0.2, 0) is 14.4 Å². The molecule has 0 saturated carbocycles. The van der Waals surface area contributed by atoms with Crippen LogP contribution in [0.3, 0.4) is 0 Å². The Hall–Kier alpha value is -1.23. The van der Waals surface area contributed by atoms with E-state index in [-0.39, 0.29) is 35.2 Å². The number of piperidine rings is 1. The number of imide groups is 3. The van der Waals surface area contributed by atoms with E-state index in [9.17, 15) is 14.4 Å². The van der Waals surface area contributed by atoms with Crippen molar-refractivity contribution in [3.05, 3.63) is 0 Å². The van der Waals surface area contributed by atoms with Crippen molar-refractivity contribution in [1.82, 2.24) is 10.2 Å². The van der Waals surface area contributed by atoms with Gasteiger partial charge in [0, 0.05) is 30.3 Å². The second kappa shape index (κ2) is 12.3. The number of rotatable bonds is 13. The number of carbonyl (C=O) groups excluding carboxylic acids is 3. The number of nitrogens with one attached hydrogen (secondary N) is 1. The van der Waals surface area contributed by atoms with Crippen LogP contribution in [0.1, 0.15) is 131 Å². The summed E-state index contributed by atoms with van der Waals surface area (Å²) >= 11 is 0. The Morgan fingerprint density at radius 2 is 1.25 bits per heavy atom. The molecule has 184 valence electrons. The molecule has 3 amide bonds. The second-order valence-corrected chi connectivity index (χ2v) is 11.8. The smallest absolute Gasteiger partial charge is 0.239 e. The number of unbranched alkanes of at least 4 members (excludes halogenated alkanes) is 9. The van der Waals surface area contributed by atoms with Gasteiger partial charge in [-0.15, -0.1) is 0 Å². The fourth-order valence-corrected chi connectivity index (χ4v) is 6.23. The Balaban J connectivity index is 1.41. The highest BCUT2D eigenvalue weighted by Crippen LogP contribution is 2.35. The molecule has 0 aromatic rings. The summed E-state index contributed by atoms with van der Waals surface area (Å²) in [7, 11) is 0. The van der Waals surface area contributed by atoms with Crippen LogP contribution in [0.4, 0.5) is 0 Å². The Morgan fingerprint density at radius 1 is 0.812 bits per heavy atom. The van der Waals surface area contributed by atoms with Gasteiger partial charge < -0.3 is 5.32 Å². The summed E-state index contributed by atoms with van der Waals surface area (Å²) in [6.45, 7) is 10.7. The molecule has 1 unspecified atom stereocenters. The van der Waals surface area contributed by atoms with Crippen molar-refractivity contribution >= 4 is 17.7 Å². The minimum atomic E-state index is -0.443. The third-order valence-corrected chi connectivity index (χ3v) is 7.24. The largest absolute Gasteiger partial charge is 0.307 e. The third-order valence-electron chi connectivity index (χ3n) is 7.24. The molecular weight excluding hydrogens is 400 g/mol. The Bertz CT molecular complexity index is 625. The van der Waals surface area contributed by atoms with Crippen molar-refractivity contribution < 1.29 is 14.4 Å². The zero-order chi connectivity index (χ0) is 23.8. The molecule has 0 aromatic carbocycles. The molecule has 0 bridgehead atoms. The first-order valence-electron chi connectivity index (χ1n) is 13.2. The van der Waals surface area contributed by atoms with Gasteiger partial charge in [0.2, 0.25) is 17.7 Å². The first-order valence-corrected chi connectivity index (χ1v) is 13.2. The summed E-state index contributed by atoms with van der Waals surface area (Å²) < 4.78 is 0. The normalized spacial score (nSPS) is 23.2. The fourth-order valence-electron chi connectivity index (χ4n) is 6.23. The van der Waals surface area contributed by atoms with Gasteiger partial charge in [0.05, 0.1) is 0 Å². The molecule has 0 spiro atoms. The van der Waals surface area contributed by atoms with Crippen molar-refractivity contribution in [2.75, 3.05) is 0 Å². The van der Waals surface area contributed by atoms with Gasteiger partial charge in [-0.3, -0.25) is 14.4 Å². The van der Waals surface area contributed by atoms with Crippen LogP contribution < -0.4 is 5.32 Å². The first kappa shape index (κ1) is 27.0. The van der Waals surface area contributed by atoms with Gasteiger partial charge in [0.15, 0.2) is 0 Å². The molecule has 2 fully saturated rings. The predicted octanol–water partition coefficient (Wildman–Crippen LogP) is 6.15. The average molecular weight is 449 g/mol. The number of nitrogens with zero attached hydrogens (tertiary/aromatic N) is 1. The minimum absolute atomic E-state index is 0.214. The van der Waals surface area contributed by atoms with Crippen molar-refractivity contribution in [3.63, 3.8) is 0 Å². The molecule has 1 atom stereocenters. The van der Waals surface area contributed by atoms with Crippen LogP contribution in [-0.4, -0.2) is 33.7 Å². The summed E-state index contributed by atoms with van der Waals surface area (Å²) in [5, 5.41) is 3.79. The molecule has 0 radical (unpaired) electrons. The van der Waals surface area contributed by atoms with Gasteiger partial charge >= 0.3 is 0 Å². The summed E-state index contributed by atoms with van der Waals surface area (Å²) in [5.41, 5.74) is 0.538. The van der Waals surface area contributed by atoms with Crippen molar-refractivity contribution in [2.24, 2.45) is 11.8 Å². The van der Waals surface area contributed by atoms with Crippen molar-refractivity contribution in [1.29, 1.82) is 0 Å². The van der Waals surface area contributed by atoms with Crippen LogP contribution in [0.5, 0.6) is 0 Å². The highest BCUT2D eigenvalue weighted by atomic mass is 16.2. The molecule has 5 heteroatoms. The summed E-state index contributed by atoms with van der Waals surface area (Å²) in [4.78, 5) is 36.1. The molecule has 2 heterocycles. The maximum absolute atomic E-state index is 12.1. The first-order chi connectivity index (χ1) is 15.0. The van der Waals surface area contributed by atoms with Gasteiger partial charge in [-0.1, -0.05) is 70.6 Å². The number of hydrogen-bond acceptors (Lipinski definition) is 4. The van der Waals surface area contributed by atoms with E-state index in [1.54, 1.807) is 0 Å². The highest BCUT2D eigenvalue weighted by molar-refractivity contribution is 6.15. The summed E-state index contributed by atoms with van der Waals surface area (Å²) in [5.74, 6) is -0.453. The molecule has 5 nitrogen and oxygen atoms in total. The minimum Gasteiger partial charge on any atom is -0.307 e. The number of carbonyl (C=O) groups is 3. The van der Waals surface area contributed by atoms with Crippen LogP contribution in [0, 0.1) is 11.8 Å². The van der Waals surface area contributed by atoms with Gasteiger partial charge in [-0.25, -0.2) is 4.90 Å². The molecule has 0 aromatic heterocycles. The lowest BCUT2D eigenvalue weighted by molar-refractivity contribution is -0.148. The van der Waals surface area contributed by atoms with E-state index in [1.807, 2.05) is 0 Å². The molecule has 0 aliphatic carbocycles. The maximum atomic E-state index is 12.1.